The fraction of sp³-hybridized carbons (Fsp3) is 0.344. The first kappa shape index (κ1) is 27.6. The predicted molar refractivity (Wildman–Crippen MR) is 164 cm³/mol. The number of para-hydroxylation sites is 1. The van der Waals surface area contributed by atoms with Crippen LogP contribution in [0.5, 0.6) is 5.75 Å². The van der Waals surface area contributed by atoms with E-state index in [0.717, 1.165) is 58.5 Å². The molecule has 0 radical (unpaired) electrons. The number of hydrogen-bond acceptors (Lipinski definition) is 4. The molecule has 40 heavy (non-hydrogen) atoms. The van der Waals surface area contributed by atoms with Gasteiger partial charge in [0.2, 0.25) is 0 Å². The summed E-state index contributed by atoms with van der Waals surface area (Å²) in [5.74, 6) is 1.39. The lowest BCUT2D eigenvalue weighted by Crippen LogP contribution is -2.38. The van der Waals surface area contributed by atoms with E-state index in [4.69, 9.17) is 27.0 Å². The van der Waals surface area contributed by atoms with E-state index in [2.05, 4.69) is 46.4 Å². The molecule has 4 aromatic rings. The van der Waals surface area contributed by atoms with Gasteiger partial charge in [-0.15, -0.1) is 0 Å². The standard InChI is InChI=1S/C32H36N4O3S/c1-2-3-13-30-35-27-19-18-25(34-31(40)33-24-9-5-4-6-10-24)20-28(27)36(30)21-22-14-16-23(17-15-22)26-11-7-8-12-29(26)39-32(37)38/h7-8,11-12,14-20,24H,2-6,9-10,13,21H2,1H3,(H,37,38)(H2,33,34,40). The molecule has 1 heterocycles. The van der Waals surface area contributed by atoms with Crippen LogP contribution in [0.2, 0.25) is 0 Å². The zero-order valence-electron chi connectivity index (χ0n) is 22.9. The number of unbranched alkanes of at least 4 members (excludes halogenated alkanes) is 1. The van der Waals surface area contributed by atoms with Crippen LogP contribution in [0.25, 0.3) is 22.2 Å². The van der Waals surface area contributed by atoms with Gasteiger partial charge in [0.05, 0.1) is 11.0 Å². The summed E-state index contributed by atoms with van der Waals surface area (Å²) in [4.78, 5) is 16.1. The number of hydrogen-bond donors (Lipinski definition) is 3. The normalized spacial score (nSPS) is 13.7. The molecular weight excluding hydrogens is 520 g/mol. The van der Waals surface area contributed by atoms with Crippen LogP contribution >= 0.6 is 12.2 Å². The minimum atomic E-state index is -1.32. The van der Waals surface area contributed by atoms with Crippen molar-refractivity contribution in [3.63, 3.8) is 0 Å². The van der Waals surface area contributed by atoms with E-state index in [1.54, 1.807) is 12.1 Å². The highest BCUT2D eigenvalue weighted by Gasteiger charge is 2.16. The van der Waals surface area contributed by atoms with E-state index in [0.29, 0.717) is 23.4 Å². The Bertz CT molecular complexity index is 1480. The number of ether oxygens (including phenoxy) is 1. The molecule has 0 atom stereocenters. The molecule has 3 N–H and O–H groups in total. The Morgan fingerprint density at radius 2 is 1.85 bits per heavy atom. The number of rotatable bonds is 9. The molecule has 5 rings (SSSR count). The molecule has 0 bridgehead atoms. The van der Waals surface area contributed by atoms with Crippen LogP contribution in [-0.4, -0.2) is 32.0 Å². The molecule has 1 saturated carbocycles. The zero-order valence-corrected chi connectivity index (χ0v) is 23.7. The minimum absolute atomic E-state index is 0.320. The molecule has 3 aromatic carbocycles. The fourth-order valence-electron chi connectivity index (χ4n) is 5.41. The van der Waals surface area contributed by atoms with Gasteiger partial charge in [0.15, 0.2) is 5.11 Å². The summed E-state index contributed by atoms with van der Waals surface area (Å²) in [6.45, 7) is 2.87. The van der Waals surface area contributed by atoms with E-state index >= 15 is 0 Å². The molecule has 0 saturated heterocycles. The SMILES string of the molecule is CCCCc1nc2ccc(NC(=S)NC3CCCCC3)cc2n1Cc1ccc(-c2ccccc2OC(=O)O)cc1. The largest absolute Gasteiger partial charge is 0.511 e. The van der Waals surface area contributed by atoms with Crippen LogP contribution < -0.4 is 15.4 Å². The summed E-state index contributed by atoms with van der Waals surface area (Å²) >= 11 is 5.64. The van der Waals surface area contributed by atoms with Gasteiger partial charge in [-0.3, -0.25) is 0 Å². The monoisotopic (exact) mass is 556 g/mol. The summed E-state index contributed by atoms with van der Waals surface area (Å²) in [7, 11) is 0. The average molecular weight is 557 g/mol. The van der Waals surface area contributed by atoms with Crippen LogP contribution in [0.1, 0.15) is 63.3 Å². The number of aromatic nitrogens is 2. The van der Waals surface area contributed by atoms with Gasteiger partial charge in [-0.1, -0.05) is 75.1 Å². The van der Waals surface area contributed by atoms with Gasteiger partial charge in [-0.25, -0.2) is 9.78 Å². The van der Waals surface area contributed by atoms with Crippen LogP contribution in [0.4, 0.5) is 10.5 Å². The highest BCUT2D eigenvalue weighted by Crippen LogP contribution is 2.31. The highest BCUT2D eigenvalue weighted by atomic mass is 32.1. The van der Waals surface area contributed by atoms with Gasteiger partial charge in [-0.2, -0.15) is 0 Å². The molecule has 8 heteroatoms. The third-order valence-electron chi connectivity index (χ3n) is 7.47. The summed E-state index contributed by atoms with van der Waals surface area (Å²) in [5, 5.41) is 16.7. The number of benzene rings is 3. The lowest BCUT2D eigenvalue weighted by atomic mass is 9.96. The molecule has 1 aromatic heterocycles. The van der Waals surface area contributed by atoms with Gasteiger partial charge in [0.1, 0.15) is 11.6 Å². The maximum Gasteiger partial charge on any atom is 0.511 e. The van der Waals surface area contributed by atoms with Crippen molar-refractivity contribution in [2.24, 2.45) is 0 Å². The number of nitrogens with zero attached hydrogens (tertiary/aromatic N) is 2. The Balaban J connectivity index is 1.38. The number of carbonyl (C=O) groups is 1. The van der Waals surface area contributed by atoms with Crippen molar-refractivity contribution in [2.45, 2.75) is 70.9 Å². The molecule has 0 spiro atoms. The van der Waals surface area contributed by atoms with Crippen LogP contribution in [0.3, 0.4) is 0 Å². The minimum Gasteiger partial charge on any atom is -0.449 e. The average Bonchev–Trinajstić information content (AvgIpc) is 3.29. The molecule has 1 aliphatic rings. The predicted octanol–water partition coefficient (Wildman–Crippen LogP) is 7.77. The second-order valence-corrected chi connectivity index (χ2v) is 10.8. The van der Waals surface area contributed by atoms with Gasteiger partial charge >= 0.3 is 6.16 Å². The van der Waals surface area contributed by atoms with Gasteiger partial charge < -0.3 is 25.0 Å². The first-order valence-corrected chi connectivity index (χ1v) is 14.6. The first-order chi connectivity index (χ1) is 19.5. The van der Waals surface area contributed by atoms with Crippen molar-refractivity contribution in [1.82, 2.24) is 14.9 Å². The van der Waals surface area contributed by atoms with E-state index in [-0.39, 0.29) is 0 Å². The van der Waals surface area contributed by atoms with Crippen molar-refractivity contribution < 1.29 is 14.6 Å². The third-order valence-corrected chi connectivity index (χ3v) is 7.69. The zero-order chi connectivity index (χ0) is 27.9. The molecular formula is C32H36N4O3S. The maximum atomic E-state index is 11.1. The first-order valence-electron chi connectivity index (χ1n) is 14.2. The van der Waals surface area contributed by atoms with Crippen molar-refractivity contribution in [3.05, 3.63) is 78.1 Å². The number of imidazole rings is 1. The Morgan fingerprint density at radius 1 is 1.07 bits per heavy atom. The van der Waals surface area contributed by atoms with Crippen molar-refractivity contribution >= 4 is 40.2 Å². The van der Waals surface area contributed by atoms with E-state index in [1.807, 2.05) is 30.3 Å². The molecule has 208 valence electrons. The Hall–Kier alpha value is -3.91. The molecule has 0 aliphatic heterocycles. The maximum absolute atomic E-state index is 11.1. The van der Waals surface area contributed by atoms with E-state index in [1.165, 1.54) is 32.1 Å². The fourth-order valence-corrected chi connectivity index (χ4v) is 5.70. The molecule has 1 fully saturated rings. The Kier molecular flexibility index (Phi) is 8.96. The second-order valence-electron chi connectivity index (χ2n) is 10.4. The molecule has 1 aliphatic carbocycles. The number of aryl methyl sites for hydroxylation is 1. The van der Waals surface area contributed by atoms with Crippen molar-refractivity contribution in [2.75, 3.05) is 5.32 Å². The number of anilines is 1. The van der Waals surface area contributed by atoms with Crippen LogP contribution in [0, 0.1) is 0 Å². The number of fused-ring (bicyclic) bond motifs is 1. The van der Waals surface area contributed by atoms with Crippen molar-refractivity contribution in [3.8, 4) is 16.9 Å². The van der Waals surface area contributed by atoms with Crippen molar-refractivity contribution in [1.29, 1.82) is 0 Å². The topological polar surface area (TPSA) is 88.4 Å². The molecule has 0 unspecified atom stereocenters. The van der Waals surface area contributed by atoms with Gasteiger partial charge in [-0.05, 0) is 66.9 Å². The Morgan fingerprint density at radius 3 is 2.60 bits per heavy atom. The van der Waals surface area contributed by atoms with Crippen LogP contribution in [0.15, 0.2) is 66.7 Å². The number of thiocarbonyl (C=S) groups is 1. The van der Waals surface area contributed by atoms with Gasteiger partial charge in [0, 0.05) is 30.3 Å². The molecule has 7 nitrogen and oxygen atoms in total. The quantitative estimate of drug-likeness (QED) is 0.110. The highest BCUT2D eigenvalue weighted by molar-refractivity contribution is 7.80. The lowest BCUT2D eigenvalue weighted by molar-refractivity contribution is 0.144. The third kappa shape index (κ3) is 6.80. The Labute approximate surface area is 240 Å². The van der Waals surface area contributed by atoms with E-state index < -0.39 is 6.16 Å². The van der Waals surface area contributed by atoms with Gasteiger partial charge in [0.25, 0.3) is 0 Å². The summed E-state index contributed by atoms with van der Waals surface area (Å²) in [5.41, 5.74) is 5.76. The second kappa shape index (κ2) is 13.0. The molecule has 0 amide bonds. The number of carboxylic acid groups (broad SMARTS) is 1. The summed E-state index contributed by atoms with van der Waals surface area (Å²) < 4.78 is 7.28. The smallest absolute Gasteiger partial charge is 0.449 e. The van der Waals surface area contributed by atoms with E-state index in [9.17, 15) is 4.79 Å². The lowest BCUT2D eigenvalue weighted by Gasteiger charge is -2.24. The summed E-state index contributed by atoms with van der Waals surface area (Å²) in [6.07, 6.45) is 7.94. The number of nitrogens with one attached hydrogen (secondary N) is 2. The van der Waals surface area contributed by atoms with Crippen LogP contribution in [-0.2, 0) is 13.0 Å². The summed E-state index contributed by atoms with van der Waals surface area (Å²) in [6, 6.07) is 22.0.